The third-order valence-corrected chi connectivity index (χ3v) is 6.90. The van der Waals surface area contributed by atoms with Crippen LogP contribution < -0.4 is 9.47 Å². The summed E-state index contributed by atoms with van der Waals surface area (Å²) in [5.74, 6) is -0.596. The summed E-state index contributed by atoms with van der Waals surface area (Å²) in [5.41, 5.74) is 3.22. The van der Waals surface area contributed by atoms with E-state index >= 15 is 0 Å². The van der Waals surface area contributed by atoms with Crippen LogP contribution in [0.4, 0.5) is 0 Å². The fourth-order valence-corrected chi connectivity index (χ4v) is 4.74. The number of imidazole rings is 1. The second-order valence-electron chi connectivity index (χ2n) is 9.84. The summed E-state index contributed by atoms with van der Waals surface area (Å²) in [7, 11) is 5.36. The van der Waals surface area contributed by atoms with Crippen LogP contribution in [0.2, 0.25) is 0 Å². The van der Waals surface area contributed by atoms with Gasteiger partial charge in [-0.1, -0.05) is 25.5 Å². The number of aliphatic hydroxyl groups is 1. The molecule has 9 heteroatoms. The van der Waals surface area contributed by atoms with Crippen LogP contribution in [0.25, 0.3) is 11.4 Å². The van der Waals surface area contributed by atoms with Crippen molar-refractivity contribution >= 4 is 23.1 Å². The molecule has 1 aliphatic heterocycles. The first-order valence-corrected chi connectivity index (χ1v) is 12.9. The van der Waals surface area contributed by atoms with E-state index in [4.69, 9.17) is 9.47 Å². The lowest BCUT2D eigenvalue weighted by molar-refractivity contribution is -0.140. The second-order valence-corrected chi connectivity index (χ2v) is 9.84. The first kappa shape index (κ1) is 27.2. The molecule has 1 saturated heterocycles. The molecule has 0 saturated carbocycles. The zero-order valence-electron chi connectivity index (χ0n) is 22.9. The van der Waals surface area contributed by atoms with Gasteiger partial charge in [0.25, 0.3) is 11.7 Å². The minimum absolute atomic E-state index is 0.0135. The molecular weight excluding hydrogens is 484 g/mol. The number of carbonyl (C=O) groups excluding carboxylic acids is 2. The number of ketones is 1. The number of carbonyl (C=O) groups is 2. The molecule has 0 spiro atoms. The van der Waals surface area contributed by atoms with Gasteiger partial charge in [-0.3, -0.25) is 9.59 Å². The predicted octanol–water partition coefficient (Wildman–Crippen LogP) is 4.12. The average molecular weight is 521 g/mol. The maximum atomic E-state index is 13.4. The van der Waals surface area contributed by atoms with Gasteiger partial charge in [0.15, 0.2) is 17.3 Å². The van der Waals surface area contributed by atoms with Gasteiger partial charge in [0, 0.05) is 19.3 Å². The third-order valence-electron chi connectivity index (χ3n) is 6.90. The monoisotopic (exact) mass is 520 g/mol. The number of Topliss-reactive ketones (excluding diaryl/α,β-unsaturated/α-hetero) is 1. The van der Waals surface area contributed by atoms with E-state index in [1.807, 2.05) is 61.6 Å². The van der Waals surface area contributed by atoms with Crippen molar-refractivity contribution in [2.45, 2.75) is 39.7 Å². The fourth-order valence-electron chi connectivity index (χ4n) is 4.74. The Kier molecular flexibility index (Phi) is 8.06. The Morgan fingerprint density at radius 2 is 1.92 bits per heavy atom. The van der Waals surface area contributed by atoms with Crippen molar-refractivity contribution in [3.63, 3.8) is 0 Å². The van der Waals surface area contributed by atoms with Gasteiger partial charge in [-0.15, -0.1) is 0 Å². The third kappa shape index (κ3) is 4.98. The summed E-state index contributed by atoms with van der Waals surface area (Å²) < 4.78 is 13.4. The number of pyridine rings is 1. The highest BCUT2D eigenvalue weighted by Crippen LogP contribution is 2.42. The van der Waals surface area contributed by atoms with Crippen molar-refractivity contribution < 1.29 is 24.2 Å². The van der Waals surface area contributed by atoms with Gasteiger partial charge in [0.2, 0.25) is 0 Å². The van der Waals surface area contributed by atoms with Gasteiger partial charge in [-0.2, -0.15) is 0 Å². The van der Waals surface area contributed by atoms with Crippen molar-refractivity contribution in [2.75, 3.05) is 40.9 Å². The van der Waals surface area contributed by atoms with Gasteiger partial charge in [0.1, 0.15) is 11.3 Å². The SMILES string of the molecule is CCCCOc1ccc(C2/C(=C(\O)c3nc4c(C)cccn4c3C)C(=O)C(=O)N2CCN(C)C)cc1OC. The number of ether oxygens (including phenoxy) is 2. The molecule has 0 bridgehead atoms. The molecule has 2 aromatic heterocycles. The molecule has 0 radical (unpaired) electrons. The number of aliphatic hydroxyl groups excluding tert-OH is 1. The molecule has 38 heavy (non-hydrogen) atoms. The smallest absolute Gasteiger partial charge is 0.295 e. The molecule has 1 fully saturated rings. The number of likely N-dealkylation sites (tertiary alicyclic amines) is 1. The zero-order valence-corrected chi connectivity index (χ0v) is 22.9. The number of nitrogens with zero attached hydrogens (tertiary/aromatic N) is 4. The molecule has 1 N–H and O–H groups in total. The molecule has 4 rings (SSSR count). The Labute approximate surface area is 223 Å². The summed E-state index contributed by atoms with van der Waals surface area (Å²) in [6, 6.07) is 8.40. The maximum absolute atomic E-state index is 13.4. The molecule has 3 heterocycles. The summed E-state index contributed by atoms with van der Waals surface area (Å²) in [5, 5.41) is 11.6. The van der Waals surface area contributed by atoms with Gasteiger partial charge in [-0.25, -0.2) is 4.98 Å². The van der Waals surface area contributed by atoms with E-state index in [0.717, 1.165) is 18.4 Å². The molecule has 1 atom stereocenters. The Morgan fingerprint density at radius 1 is 1.16 bits per heavy atom. The van der Waals surface area contributed by atoms with Crippen molar-refractivity contribution in [3.05, 3.63) is 64.6 Å². The topological polar surface area (TPSA) is 96.6 Å². The zero-order chi connectivity index (χ0) is 27.6. The molecule has 1 aromatic carbocycles. The first-order valence-electron chi connectivity index (χ1n) is 12.9. The number of aryl methyl sites for hydroxylation is 2. The van der Waals surface area contributed by atoms with E-state index in [-0.39, 0.29) is 17.0 Å². The molecule has 1 amide bonds. The summed E-state index contributed by atoms with van der Waals surface area (Å²) in [6.07, 6.45) is 3.77. The van der Waals surface area contributed by atoms with Crippen LogP contribution in [0.3, 0.4) is 0 Å². The number of amides is 1. The molecule has 3 aromatic rings. The number of hydrogen-bond donors (Lipinski definition) is 1. The molecule has 0 aliphatic carbocycles. The van der Waals surface area contributed by atoms with Crippen molar-refractivity contribution in [2.24, 2.45) is 0 Å². The second kappa shape index (κ2) is 11.3. The lowest BCUT2D eigenvalue weighted by atomic mass is 9.96. The van der Waals surface area contributed by atoms with Crippen molar-refractivity contribution in [1.82, 2.24) is 19.2 Å². The van der Waals surface area contributed by atoms with Crippen LogP contribution in [0, 0.1) is 13.8 Å². The molecular formula is C29H36N4O5. The summed E-state index contributed by atoms with van der Waals surface area (Å²) >= 11 is 0. The maximum Gasteiger partial charge on any atom is 0.295 e. The number of methoxy groups -OCH3 is 1. The number of benzene rings is 1. The van der Waals surface area contributed by atoms with Gasteiger partial charge in [-0.05, 0) is 63.7 Å². The van der Waals surface area contributed by atoms with Crippen LogP contribution >= 0.6 is 0 Å². The fraction of sp³-hybridized carbons (Fsp3) is 0.414. The number of unbranched alkanes of at least 4 members (excludes halogenated alkanes) is 1. The number of rotatable bonds is 10. The predicted molar refractivity (Wildman–Crippen MR) is 146 cm³/mol. The Hall–Kier alpha value is -3.85. The Morgan fingerprint density at radius 3 is 2.58 bits per heavy atom. The standard InChI is InChI=1S/C29H36N4O5/c1-7-8-16-38-21-12-11-20(17-22(21)37-6)25-23(27(35)29(36)33(25)15-14-31(4)5)26(34)24-19(3)32-13-9-10-18(2)28(32)30-24/h9-13,17,25,34H,7-8,14-16H2,1-6H3/b26-23+. The van der Waals surface area contributed by atoms with E-state index < -0.39 is 17.7 Å². The summed E-state index contributed by atoms with van der Waals surface area (Å²) in [6.45, 7) is 7.26. The lowest BCUT2D eigenvalue weighted by Crippen LogP contribution is -2.35. The highest BCUT2D eigenvalue weighted by Gasteiger charge is 2.46. The average Bonchev–Trinajstić information content (AvgIpc) is 3.37. The van der Waals surface area contributed by atoms with E-state index in [1.54, 1.807) is 19.2 Å². The van der Waals surface area contributed by atoms with Crippen LogP contribution in [-0.2, 0) is 9.59 Å². The Bertz CT molecular complexity index is 1390. The largest absolute Gasteiger partial charge is 0.505 e. The Balaban J connectivity index is 1.87. The van der Waals surface area contributed by atoms with Crippen LogP contribution in [-0.4, -0.2) is 76.9 Å². The number of aromatic nitrogens is 2. The van der Waals surface area contributed by atoms with E-state index in [2.05, 4.69) is 11.9 Å². The van der Waals surface area contributed by atoms with Crippen LogP contribution in [0.1, 0.15) is 48.3 Å². The minimum atomic E-state index is -0.807. The van der Waals surface area contributed by atoms with E-state index in [1.165, 1.54) is 4.90 Å². The van der Waals surface area contributed by atoms with Gasteiger partial charge in [0.05, 0.1) is 31.0 Å². The number of likely N-dealkylation sites (N-methyl/N-ethyl adjacent to an activating group) is 1. The molecule has 202 valence electrons. The van der Waals surface area contributed by atoms with Crippen molar-refractivity contribution in [1.29, 1.82) is 0 Å². The van der Waals surface area contributed by atoms with Gasteiger partial charge >= 0.3 is 0 Å². The molecule has 1 aliphatic rings. The number of fused-ring (bicyclic) bond motifs is 1. The van der Waals surface area contributed by atoms with Crippen LogP contribution in [0.5, 0.6) is 11.5 Å². The normalized spacial score (nSPS) is 17.1. The summed E-state index contributed by atoms with van der Waals surface area (Å²) in [4.78, 5) is 34.8. The van der Waals surface area contributed by atoms with Crippen molar-refractivity contribution in [3.8, 4) is 11.5 Å². The van der Waals surface area contributed by atoms with E-state index in [9.17, 15) is 14.7 Å². The number of hydrogen-bond acceptors (Lipinski definition) is 7. The van der Waals surface area contributed by atoms with E-state index in [0.29, 0.717) is 48.1 Å². The minimum Gasteiger partial charge on any atom is -0.505 e. The highest BCUT2D eigenvalue weighted by atomic mass is 16.5. The first-order chi connectivity index (χ1) is 18.2. The van der Waals surface area contributed by atoms with Gasteiger partial charge < -0.3 is 28.8 Å². The quantitative estimate of drug-likeness (QED) is 0.186. The molecule has 1 unspecified atom stereocenters. The lowest BCUT2D eigenvalue weighted by Gasteiger charge is -2.27. The molecule has 9 nitrogen and oxygen atoms in total. The highest BCUT2D eigenvalue weighted by molar-refractivity contribution is 6.46. The van der Waals surface area contributed by atoms with Crippen LogP contribution in [0.15, 0.2) is 42.1 Å².